The molecule has 0 saturated carbocycles. The van der Waals surface area contributed by atoms with Gasteiger partial charge in [0.25, 0.3) is 0 Å². The van der Waals surface area contributed by atoms with Crippen LogP contribution in [-0.4, -0.2) is 14.6 Å². The van der Waals surface area contributed by atoms with E-state index in [-0.39, 0.29) is 4.90 Å². The molecule has 0 radical (unpaired) electrons. The number of rotatable bonds is 6. The van der Waals surface area contributed by atoms with Crippen LogP contribution in [0, 0.1) is 0 Å². The summed E-state index contributed by atoms with van der Waals surface area (Å²) in [4.78, 5) is 4.41. The molecule has 0 amide bonds. The number of sulfonamides is 1. The van der Waals surface area contributed by atoms with Gasteiger partial charge in [0.2, 0.25) is 10.0 Å². The molecule has 26 heavy (non-hydrogen) atoms. The largest absolute Gasteiger partial charge is 0.489 e. The van der Waals surface area contributed by atoms with Crippen LogP contribution in [0.1, 0.15) is 11.1 Å². The Labute approximate surface area is 152 Å². The number of aliphatic imine (C=N–C) groups is 1. The monoisotopic (exact) mass is 366 g/mol. The van der Waals surface area contributed by atoms with Gasteiger partial charge < -0.3 is 4.74 Å². The summed E-state index contributed by atoms with van der Waals surface area (Å²) >= 11 is 0. The van der Waals surface area contributed by atoms with Gasteiger partial charge in [0.15, 0.2) is 0 Å². The van der Waals surface area contributed by atoms with E-state index in [1.807, 2.05) is 54.6 Å². The van der Waals surface area contributed by atoms with Crippen LogP contribution in [0.3, 0.4) is 0 Å². The molecule has 0 saturated heterocycles. The first-order valence-corrected chi connectivity index (χ1v) is 9.49. The van der Waals surface area contributed by atoms with Crippen LogP contribution in [0.5, 0.6) is 5.75 Å². The van der Waals surface area contributed by atoms with Crippen LogP contribution in [0.2, 0.25) is 0 Å². The van der Waals surface area contributed by atoms with Gasteiger partial charge in [0, 0.05) is 6.21 Å². The first kappa shape index (κ1) is 17.8. The highest BCUT2D eigenvalue weighted by atomic mass is 32.2. The minimum atomic E-state index is -3.69. The van der Waals surface area contributed by atoms with Gasteiger partial charge >= 0.3 is 0 Å². The zero-order valence-corrected chi connectivity index (χ0v) is 14.8. The summed E-state index contributed by atoms with van der Waals surface area (Å²) in [5, 5.41) is 5.08. The maximum absolute atomic E-state index is 11.3. The molecule has 0 aliphatic rings. The average Bonchev–Trinajstić information content (AvgIpc) is 2.66. The normalized spacial score (nSPS) is 11.6. The summed E-state index contributed by atoms with van der Waals surface area (Å²) < 4.78 is 28.3. The highest BCUT2D eigenvalue weighted by molar-refractivity contribution is 7.89. The molecule has 3 aromatic carbocycles. The molecule has 3 aromatic rings. The van der Waals surface area contributed by atoms with Crippen molar-refractivity contribution >= 4 is 21.9 Å². The smallest absolute Gasteiger partial charge is 0.238 e. The van der Waals surface area contributed by atoms with Gasteiger partial charge in [-0.15, -0.1) is 0 Å². The van der Waals surface area contributed by atoms with E-state index in [0.29, 0.717) is 12.3 Å². The first-order valence-electron chi connectivity index (χ1n) is 7.94. The lowest BCUT2D eigenvalue weighted by molar-refractivity contribution is 0.306. The summed E-state index contributed by atoms with van der Waals surface area (Å²) in [6.07, 6.45) is 1.70. The van der Waals surface area contributed by atoms with Crippen molar-refractivity contribution in [3.8, 4) is 5.75 Å². The molecular weight excluding hydrogens is 348 g/mol. The molecule has 132 valence electrons. The Balaban J connectivity index is 1.67. The third kappa shape index (κ3) is 5.02. The quantitative estimate of drug-likeness (QED) is 0.676. The number of primary sulfonamides is 1. The minimum absolute atomic E-state index is 0.0627. The number of ether oxygens (including phenoxy) is 1. The van der Waals surface area contributed by atoms with Crippen LogP contribution in [0.4, 0.5) is 5.69 Å². The lowest BCUT2D eigenvalue weighted by Gasteiger charge is -2.06. The average molecular weight is 366 g/mol. The molecule has 2 N–H and O–H groups in total. The number of nitrogens with two attached hydrogens (primary N) is 1. The maximum Gasteiger partial charge on any atom is 0.238 e. The summed E-state index contributed by atoms with van der Waals surface area (Å²) in [5.74, 6) is 0.752. The minimum Gasteiger partial charge on any atom is -0.489 e. The predicted octanol–water partition coefficient (Wildman–Crippen LogP) is 3.66. The number of hydrogen-bond donors (Lipinski definition) is 1. The SMILES string of the molecule is NS(=O)(=O)c1ccc(N=Cc2cccc(OCc3ccccc3)c2)cc1. The second-order valence-corrected chi connectivity index (χ2v) is 7.21. The molecule has 3 rings (SSSR count). The van der Waals surface area contributed by atoms with Gasteiger partial charge in [0.05, 0.1) is 10.6 Å². The molecule has 0 spiro atoms. The zero-order valence-electron chi connectivity index (χ0n) is 13.9. The van der Waals surface area contributed by atoms with Gasteiger partial charge in [-0.1, -0.05) is 42.5 Å². The maximum atomic E-state index is 11.3. The van der Waals surface area contributed by atoms with Crippen molar-refractivity contribution in [2.75, 3.05) is 0 Å². The van der Waals surface area contributed by atoms with Crippen molar-refractivity contribution in [3.05, 3.63) is 90.0 Å². The van der Waals surface area contributed by atoms with E-state index in [9.17, 15) is 8.42 Å². The molecule has 0 aromatic heterocycles. The van der Waals surface area contributed by atoms with Gasteiger partial charge in [-0.05, 0) is 47.5 Å². The van der Waals surface area contributed by atoms with E-state index in [1.54, 1.807) is 18.3 Å². The molecule has 0 fully saturated rings. The van der Waals surface area contributed by atoms with Gasteiger partial charge in [-0.3, -0.25) is 4.99 Å². The molecule has 0 atom stereocenters. The van der Waals surface area contributed by atoms with Crippen molar-refractivity contribution in [2.24, 2.45) is 10.1 Å². The third-order valence-electron chi connectivity index (χ3n) is 3.63. The zero-order chi connectivity index (χ0) is 18.4. The Morgan fingerprint density at radius 3 is 2.35 bits per heavy atom. The molecule has 0 aliphatic heterocycles. The molecule has 0 heterocycles. The van der Waals surface area contributed by atoms with Crippen molar-refractivity contribution in [3.63, 3.8) is 0 Å². The van der Waals surface area contributed by atoms with Gasteiger partial charge in [-0.2, -0.15) is 0 Å². The molecule has 5 nitrogen and oxygen atoms in total. The van der Waals surface area contributed by atoms with E-state index < -0.39 is 10.0 Å². The molecule has 0 aliphatic carbocycles. The lowest BCUT2D eigenvalue weighted by Crippen LogP contribution is -2.11. The van der Waals surface area contributed by atoms with E-state index in [4.69, 9.17) is 9.88 Å². The summed E-state index contributed by atoms with van der Waals surface area (Å²) in [7, 11) is -3.69. The number of hydrogen-bond acceptors (Lipinski definition) is 4. The molecule has 6 heteroatoms. The highest BCUT2D eigenvalue weighted by Gasteiger charge is 2.06. The van der Waals surface area contributed by atoms with Crippen molar-refractivity contribution in [1.82, 2.24) is 0 Å². The van der Waals surface area contributed by atoms with Crippen LogP contribution >= 0.6 is 0 Å². The lowest BCUT2D eigenvalue weighted by atomic mass is 10.2. The van der Waals surface area contributed by atoms with Crippen LogP contribution in [0.25, 0.3) is 0 Å². The Bertz CT molecular complexity index is 999. The molecular formula is C20H18N2O3S. The fourth-order valence-corrected chi connectivity index (χ4v) is 2.81. The highest BCUT2D eigenvalue weighted by Crippen LogP contribution is 2.17. The summed E-state index contributed by atoms with van der Waals surface area (Å²) in [5.41, 5.74) is 2.61. The van der Waals surface area contributed by atoms with Crippen LogP contribution in [-0.2, 0) is 16.6 Å². The van der Waals surface area contributed by atoms with E-state index in [0.717, 1.165) is 16.9 Å². The van der Waals surface area contributed by atoms with Crippen LogP contribution in [0.15, 0.2) is 88.8 Å². The Hall–Kier alpha value is -2.96. The van der Waals surface area contributed by atoms with Gasteiger partial charge in [0.1, 0.15) is 12.4 Å². The van der Waals surface area contributed by atoms with Crippen LogP contribution < -0.4 is 9.88 Å². The van der Waals surface area contributed by atoms with Crippen molar-refractivity contribution < 1.29 is 13.2 Å². The fraction of sp³-hybridized carbons (Fsp3) is 0.0500. The standard InChI is InChI=1S/C20H18N2O3S/c21-26(23,24)20-11-9-18(10-12-20)22-14-17-7-4-8-19(13-17)25-15-16-5-2-1-3-6-16/h1-14H,15H2,(H2,21,23,24). The third-order valence-corrected chi connectivity index (χ3v) is 4.56. The predicted molar refractivity (Wildman–Crippen MR) is 102 cm³/mol. The van der Waals surface area contributed by atoms with Gasteiger partial charge in [-0.25, -0.2) is 13.6 Å². The Kier molecular flexibility index (Phi) is 5.46. The Morgan fingerprint density at radius 1 is 0.923 bits per heavy atom. The van der Waals surface area contributed by atoms with E-state index in [1.165, 1.54) is 12.1 Å². The fourth-order valence-electron chi connectivity index (χ4n) is 2.30. The molecule has 0 unspecified atom stereocenters. The van der Waals surface area contributed by atoms with Crippen molar-refractivity contribution in [2.45, 2.75) is 11.5 Å². The first-order chi connectivity index (χ1) is 12.5. The van der Waals surface area contributed by atoms with Crippen molar-refractivity contribution in [1.29, 1.82) is 0 Å². The van der Waals surface area contributed by atoms with E-state index in [2.05, 4.69) is 4.99 Å². The van der Waals surface area contributed by atoms with E-state index >= 15 is 0 Å². The summed E-state index contributed by atoms with van der Waals surface area (Å²) in [6, 6.07) is 23.6. The Morgan fingerprint density at radius 2 is 1.65 bits per heavy atom. The molecule has 0 bridgehead atoms. The topological polar surface area (TPSA) is 81.8 Å². The summed E-state index contributed by atoms with van der Waals surface area (Å²) in [6.45, 7) is 0.496. The second kappa shape index (κ2) is 7.95. The number of nitrogens with zero attached hydrogens (tertiary/aromatic N) is 1. The number of benzene rings is 3. The second-order valence-electron chi connectivity index (χ2n) is 5.64.